The largest absolute Gasteiger partial charge is 0.497 e. The van der Waals surface area contributed by atoms with E-state index in [-0.39, 0.29) is 4.90 Å². The van der Waals surface area contributed by atoms with Gasteiger partial charge in [0, 0.05) is 5.56 Å². The number of ether oxygens (including phenoxy) is 1. The average molecular weight is 330 g/mol. The molecule has 5 nitrogen and oxygen atoms in total. The van der Waals surface area contributed by atoms with Crippen molar-refractivity contribution in [2.24, 2.45) is 5.10 Å². The fourth-order valence-corrected chi connectivity index (χ4v) is 3.40. The predicted octanol–water partition coefficient (Wildman–Crippen LogP) is 2.63. The van der Waals surface area contributed by atoms with E-state index in [2.05, 4.69) is 9.93 Å². The van der Waals surface area contributed by atoms with Crippen LogP contribution in [-0.2, 0) is 16.4 Å². The first kappa shape index (κ1) is 15.6. The molecule has 3 rings (SSSR count). The number of hydrogen-bond acceptors (Lipinski definition) is 4. The third kappa shape index (κ3) is 3.22. The summed E-state index contributed by atoms with van der Waals surface area (Å²) in [6, 6.07) is 12.4. The molecule has 0 fully saturated rings. The Morgan fingerprint density at radius 2 is 1.83 bits per heavy atom. The van der Waals surface area contributed by atoms with E-state index < -0.39 is 10.0 Å². The van der Waals surface area contributed by atoms with Gasteiger partial charge in [-0.25, -0.2) is 0 Å². The third-order valence-corrected chi connectivity index (χ3v) is 5.11. The molecule has 0 radical (unpaired) electrons. The molecular weight excluding hydrogens is 312 g/mol. The van der Waals surface area contributed by atoms with Crippen molar-refractivity contribution in [3.05, 3.63) is 59.2 Å². The highest BCUT2D eigenvalue weighted by Gasteiger charge is 2.20. The van der Waals surface area contributed by atoms with Gasteiger partial charge in [-0.3, -0.25) is 0 Å². The van der Waals surface area contributed by atoms with Crippen LogP contribution in [0.25, 0.3) is 0 Å². The van der Waals surface area contributed by atoms with Gasteiger partial charge in [0.05, 0.1) is 17.7 Å². The minimum atomic E-state index is -3.64. The first-order chi connectivity index (χ1) is 11.0. The average Bonchev–Trinajstić information content (AvgIpc) is 2.95. The monoisotopic (exact) mass is 330 g/mol. The summed E-state index contributed by atoms with van der Waals surface area (Å²) in [6.45, 7) is 1.91. The third-order valence-electron chi connectivity index (χ3n) is 3.89. The summed E-state index contributed by atoms with van der Waals surface area (Å²) in [6.07, 6.45) is 1.54. The van der Waals surface area contributed by atoms with E-state index in [1.165, 1.54) is 0 Å². The predicted molar refractivity (Wildman–Crippen MR) is 89.4 cm³/mol. The Morgan fingerprint density at radius 3 is 2.52 bits per heavy atom. The van der Waals surface area contributed by atoms with Crippen molar-refractivity contribution in [2.75, 3.05) is 7.11 Å². The molecule has 0 saturated carbocycles. The first-order valence-electron chi connectivity index (χ1n) is 7.32. The van der Waals surface area contributed by atoms with E-state index in [4.69, 9.17) is 4.74 Å². The smallest absolute Gasteiger partial charge is 0.276 e. The zero-order valence-corrected chi connectivity index (χ0v) is 13.9. The minimum absolute atomic E-state index is 0.209. The lowest BCUT2D eigenvalue weighted by molar-refractivity contribution is 0.414. The molecule has 0 bridgehead atoms. The maximum Gasteiger partial charge on any atom is 0.276 e. The fraction of sp³-hybridized carbons (Fsp3) is 0.235. The van der Waals surface area contributed by atoms with Crippen molar-refractivity contribution in [3.63, 3.8) is 0 Å². The molecule has 0 saturated heterocycles. The second-order valence-electron chi connectivity index (χ2n) is 5.49. The van der Waals surface area contributed by atoms with Crippen LogP contribution in [0.4, 0.5) is 0 Å². The van der Waals surface area contributed by atoms with Gasteiger partial charge < -0.3 is 4.74 Å². The molecule has 1 aliphatic rings. The number of hydrazone groups is 1. The molecule has 120 valence electrons. The van der Waals surface area contributed by atoms with Crippen LogP contribution in [0.15, 0.2) is 52.5 Å². The van der Waals surface area contributed by atoms with Gasteiger partial charge in [-0.05, 0) is 55.7 Å². The number of nitrogens with zero attached hydrogens (tertiary/aromatic N) is 1. The number of hydrogen-bond donors (Lipinski definition) is 1. The van der Waals surface area contributed by atoms with Crippen LogP contribution in [0.5, 0.6) is 5.75 Å². The Hall–Kier alpha value is -2.34. The highest BCUT2D eigenvalue weighted by molar-refractivity contribution is 7.89. The summed E-state index contributed by atoms with van der Waals surface area (Å²) >= 11 is 0. The topological polar surface area (TPSA) is 67.8 Å². The van der Waals surface area contributed by atoms with Crippen molar-refractivity contribution in [2.45, 2.75) is 24.7 Å². The van der Waals surface area contributed by atoms with Gasteiger partial charge in [-0.15, -0.1) is 0 Å². The number of methoxy groups -OCH3 is 1. The number of sulfonamides is 1. The molecule has 2 aromatic carbocycles. The van der Waals surface area contributed by atoms with Crippen LogP contribution < -0.4 is 9.57 Å². The normalized spacial score (nSPS) is 15.5. The Kier molecular flexibility index (Phi) is 4.09. The van der Waals surface area contributed by atoms with E-state index in [1.807, 2.05) is 25.1 Å². The highest BCUT2D eigenvalue weighted by atomic mass is 32.2. The molecule has 23 heavy (non-hydrogen) atoms. The molecule has 1 N–H and O–H groups in total. The lowest BCUT2D eigenvalue weighted by Crippen LogP contribution is -2.20. The molecule has 2 aromatic rings. The van der Waals surface area contributed by atoms with Crippen LogP contribution in [0.1, 0.15) is 23.1 Å². The van der Waals surface area contributed by atoms with Gasteiger partial charge in [0.2, 0.25) is 0 Å². The SMILES string of the molecule is COc1ccc2c(c1)CCC2=NNS(=O)(=O)c1ccc(C)cc1. The van der Waals surface area contributed by atoms with Crippen molar-refractivity contribution >= 4 is 15.7 Å². The Balaban J connectivity index is 1.83. The lowest BCUT2D eigenvalue weighted by atomic mass is 10.1. The van der Waals surface area contributed by atoms with E-state index in [0.29, 0.717) is 6.42 Å². The number of fused-ring (bicyclic) bond motifs is 1. The molecular formula is C17H18N2O3S. The molecule has 0 amide bonds. The van der Waals surface area contributed by atoms with E-state index >= 15 is 0 Å². The van der Waals surface area contributed by atoms with E-state index in [0.717, 1.165) is 34.6 Å². The van der Waals surface area contributed by atoms with E-state index in [9.17, 15) is 8.42 Å². The quantitative estimate of drug-likeness (QED) is 0.876. The zero-order valence-electron chi connectivity index (χ0n) is 13.0. The van der Waals surface area contributed by atoms with Crippen molar-refractivity contribution < 1.29 is 13.2 Å². The Labute approximate surface area is 136 Å². The van der Waals surface area contributed by atoms with Crippen LogP contribution in [0, 0.1) is 6.92 Å². The van der Waals surface area contributed by atoms with Gasteiger partial charge in [0.1, 0.15) is 5.75 Å². The van der Waals surface area contributed by atoms with Crippen molar-refractivity contribution in [1.82, 2.24) is 4.83 Å². The molecule has 0 atom stereocenters. The summed E-state index contributed by atoms with van der Waals surface area (Å²) in [5.74, 6) is 0.797. The van der Waals surface area contributed by atoms with Crippen LogP contribution in [0.2, 0.25) is 0 Å². The van der Waals surface area contributed by atoms with Crippen LogP contribution >= 0.6 is 0 Å². The lowest BCUT2D eigenvalue weighted by Gasteiger charge is -2.06. The maximum absolute atomic E-state index is 12.3. The van der Waals surface area contributed by atoms with Crippen LogP contribution in [0.3, 0.4) is 0 Å². The molecule has 0 aromatic heterocycles. The summed E-state index contributed by atoms with van der Waals surface area (Å²) in [5, 5.41) is 4.13. The number of benzene rings is 2. The molecule has 0 aliphatic heterocycles. The van der Waals surface area contributed by atoms with Gasteiger partial charge in [0.25, 0.3) is 10.0 Å². The second kappa shape index (κ2) is 6.04. The second-order valence-corrected chi connectivity index (χ2v) is 7.15. The zero-order chi connectivity index (χ0) is 16.4. The fourth-order valence-electron chi connectivity index (χ4n) is 2.57. The van der Waals surface area contributed by atoms with Crippen LogP contribution in [-0.4, -0.2) is 21.2 Å². The van der Waals surface area contributed by atoms with Gasteiger partial charge in [-0.2, -0.15) is 18.4 Å². The number of aryl methyl sites for hydroxylation is 2. The van der Waals surface area contributed by atoms with Crippen molar-refractivity contribution in [3.8, 4) is 5.75 Å². The number of nitrogens with one attached hydrogen (secondary N) is 1. The maximum atomic E-state index is 12.3. The van der Waals surface area contributed by atoms with Gasteiger partial charge >= 0.3 is 0 Å². The molecule has 1 aliphatic carbocycles. The summed E-state index contributed by atoms with van der Waals surface area (Å²) in [4.78, 5) is 2.54. The molecule has 0 heterocycles. The Morgan fingerprint density at radius 1 is 1.09 bits per heavy atom. The molecule has 0 unspecified atom stereocenters. The molecule has 0 spiro atoms. The summed E-state index contributed by atoms with van der Waals surface area (Å²) in [5.41, 5.74) is 3.85. The summed E-state index contributed by atoms with van der Waals surface area (Å²) < 4.78 is 29.8. The van der Waals surface area contributed by atoms with Crippen molar-refractivity contribution in [1.29, 1.82) is 0 Å². The van der Waals surface area contributed by atoms with Gasteiger partial charge in [0.15, 0.2) is 0 Å². The van der Waals surface area contributed by atoms with E-state index in [1.54, 1.807) is 31.4 Å². The summed E-state index contributed by atoms with van der Waals surface area (Å²) in [7, 11) is -2.02. The minimum Gasteiger partial charge on any atom is -0.497 e. The highest BCUT2D eigenvalue weighted by Crippen LogP contribution is 2.26. The van der Waals surface area contributed by atoms with Gasteiger partial charge in [-0.1, -0.05) is 17.7 Å². The first-order valence-corrected chi connectivity index (χ1v) is 8.80. The number of rotatable bonds is 4. The Bertz CT molecular complexity index is 856. The standard InChI is InChI=1S/C17H18N2O3S/c1-12-3-7-15(8-4-12)23(20,21)19-18-17-10-5-13-11-14(22-2)6-9-16(13)17/h3-4,6-9,11,19H,5,10H2,1-2H3. The molecule has 6 heteroatoms.